The van der Waals surface area contributed by atoms with Crippen molar-refractivity contribution in [2.24, 2.45) is 0 Å². The lowest BCUT2D eigenvalue weighted by Gasteiger charge is -2.08. The molecule has 0 fully saturated rings. The van der Waals surface area contributed by atoms with Crippen LogP contribution < -0.4 is 0 Å². The third-order valence-corrected chi connectivity index (χ3v) is 2.97. The van der Waals surface area contributed by atoms with Gasteiger partial charge in [0.2, 0.25) is 0 Å². The molecule has 17 heavy (non-hydrogen) atoms. The van der Waals surface area contributed by atoms with Gasteiger partial charge in [0, 0.05) is 12.1 Å². The van der Waals surface area contributed by atoms with Gasteiger partial charge in [0.15, 0.2) is 0 Å². The zero-order chi connectivity index (χ0) is 12.4. The maximum Gasteiger partial charge on any atom is 0.270 e. The van der Waals surface area contributed by atoms with E-state index in [1.165, 1.54) is 11.6 Å². The summed E-state index contributed by atoms with van der Waals surface area (Å²) in [7, 11) is 0. The highest BCUT2D eigenvalue weighted by Gasteiger charge is 2.09. The highest BCUT2D eigenvalue weighted by atomic mass is 16.6. The average Bonchev–Trinajstić information content (AvgIpc) is 2.33. The van der Waals surface area contributed by atoms with Gasteiger partial charge in [-0.05, 0) is 36.1 Å². The van der Waals surface area contributed by atoms with E-state index in [4.69, 9.17) is 0 Å². The van der Waals surface area contributed by atoms with E-state index in [0.29, 0.717) is 0 Å². The summed E-state index contributed by atoms with van der Waals surface area (Å²) in [4.78, 5) is 10.4. The maximum atomic E-state index is 10.7. The maximum absolute atomic E-state index is 10.7. The molecular formula is C14H13NO2. The molecule has 0 aliphatic rings. The number of benzene rings is 2. The SMILES string of the molecule is Cc1cccc(-c2cccc([N+](=O)[O-])c2)c1C. The van der Waals surface area contributed by atoms with Crippen LogP contribution in [0.2, 0.25) is 0 Å². The van der Waals surface area contributed by atoms with Gasteiger partial charge in [-0.2, -0.15) is 0 Å². The quantitative estimate of drug-likeness (QED) is 0.577. The Hall–Kier alpha value is -2.16. The van der Waals surface area contributed by atoms with Crippen molar-refractivity contribution in [3.05, 3.63) is 63.7 Å². The Morgan fingerprint density at radius 2 is 1.76 bits per heavy atom. The van der Waals surface area contributed by atoms with Crippen LogP contribution in [0, 0.1) is 24.0 Å². The first-order chi connectivity index (χ1) is 8.09. The van der Waals surface area contributed by atoms with E-state index in [1.54, 1.807) is 12.1 Å². The average molecular weight is 227 g/mol. The summed E-state index contributed by atoms with van der Waals surface area (Å²) in [6, 6.07) is 12.7. The Kier molecular flexibility index (Phi) is 2.91. The molecular weight excluding hydrogens is 214 g/mol. The molecule has 0 radical (unpaired) electrons. The van der Waals surface area contributed by atoms with Crippen LogP contribution >= 0.6 is 0 Å². The molecule has 2 rings (SSSR count). The van der Waals surface area contributed by atoms with E-state index in [0.717, 1.165) is 16.7 Å². The lowest BCUT2D eigenvalue weighted by atomic mass is 9.97. The van der Waals surface area contributed by atoms with Crippen molar-refractivity contribution >= 4 is 5.69 Å². The van der Waals surface area contributed by atoms with Gasteiger partial charge in [0.1, 0.15) is 0 Å². The van der Waals surface area contributed by atoms with Gasteiger partial charge in [0.05, 0.1) is 4.92 Å². The van der Waals surface area contributed by atoms with Crippen LogP contribution in [-0.4, -0.2) is 4.92 Å². The summed E-state index contributed by atoms with van der Waals surface area (Å²) in [5.41, 5.74) is 4.42. The van der Waals surface area contributed by atoms with Crippen LogP contribution in [0.5, 0.6) is 0 Å². The molecule has 0 spiro atoms. The van der Waals surface area contributed by atoms with E-state index >= 15 is 0 Å². The number of aryl methyl sites for hydroxylation is 1. The van der Waals surface area contributed by atoms with Crippen LogP contribution in [0.3, 0.4) is 0 Å². The van der Waals surface area contributed by atoms with Crippen molar-refractivity contribution in [3.8, 4) is 11.1 Å². The summed E-state index contributed by atoms with van der Waals surface area (Å²) in [5, 5.41) is 10.7. The van der Waals surface area contributed by atoms with E-state index in [2.05, 4.69) is 0 Å². The van der Waals surface area contributed by atoms with Gasteiger partial charge in [-0.1, -0.05) is 30.3 Å². The summed E-state index contributed by atoms with van der Waals surface area (Å²) in [6.07, 6.45) is 0. The molecule has 0 bridgehead atoms. The molecule has 0 heterocycles. The van der Waals surface area contributed by atoms with Gasteiger partial charge < -0.3 is 0 Å². The number of non-ortho nitro benzene ring substituents is 1. The first-order valence-electron chi connectivity index (χ1n) is 5.40. The Balaban J connectivity index is 2.57. The highest BCUT2D eigenvalue weighted by molar-refractivity contribution is 5.70. The number of rotatable bonds is 2. The molecule has 0 amide bonds. The Morgan fingerprint density at radius 3 is 2.47 bits per heavy atom. The summed E-state index contributed by atoms with van der Waals surface area (Å²) in [5.74, 6) is 0. The molecule has 2 aromatic rings. The second-order valence-electron chi connectivity index (χ2n) is 4.05. The van der Waals surface area contributed by atoms with Crippen LogP contribution in [0.1, 0.15) is 11.1 Å². The Bertz CT molecular complexity index is 576. The van der Waals surface area contributed by atoms with Crippen molar-refractivity contribution < 1.29 is 4.92 Å². The monoisotopic (exact) mass is 227 g/mol. The number of nitrogens with zero attached hydrogens (tertiary/aromatic N) is 1. The molecule has 0 aliphatic heterocycles. The molecule has 0 unspecified atom stereocenters. The van der Waals surface area contributed by atoms with Gasteiger partial charge in [-0.15, -0.1) is 0 Å². The van der Waals surface area contributed by atoms with Crippen LogP contribution in [-0.2, 0) is 0 Å². The lowest BCUT2D eigenvalue weighted by Crippen LogP contribution is -1.90. The summed E-state index contributed by atoms with van der Waals surface area (Å²) >= 11 is 0. The van der Waals surface area contributed by atoms with Gasteiger partial charge in [-0.25, -0.2) is 0 Å². The van der Waals surface area contributed by atoms with E-state index in [9.17, 15) is 10.1 Å². The fourth-order valence-corrected chi connectivity index (χ4v) is 1.85. The van der Waals surface area contributed by atoms with Gasteiger partial charge >= 0.3 is 0 Å². The van der Waals surface area contributed by atoms with Crippen molar-refractivity contribution in [1.82, 2.24) is 0 Å². The number of nitro groups is 1. The van der Waals surface area contributed by atoms with Crippen molar-refractivity contribution in [2.45, 2.75) is 13.8 Å². The Morgan fingerprint density at radius 1 is 1.06 bits per heavy atom. The van der Waals surface area contributed by atoms with Crippen molar-refractivity contribution in [1.29, 1.82) is 0 Å². The molecule has 3 heteroatoms. The first kappa shape index (κ1) is 11.3. The summed E-state index contributed by atoms with van der Waals surface area (Å²) < 4.78 is 0. The second-order valence-corrected chi connectivity index (χ2v) is 4.05. The molecule has 86 valence electrons. The van der Waals surface area contributed by atoms with E-state index in [-0.39, 0.29) is 10.6 Å². The van der Waals surface area contributed by atoms with Gasteiger partial charge in [-0.3, -0.25) is 10.1 Å². The summed E-state index contributed by atoms with van der Waals surface area (Å²) in [6.45, 7) is 4.07. The largest absolute Gasteiger partial charge is 0.270 e. The second kappa shape index (κ2) is 4.37. The normalized spacial score (nSPS) is 10.2. The lowest BCUT2D eigenvalue weighted by molar-refractivity contribution is -0.384. The third-order valence-electron chi connectivity index (χ3n) is 2.97. The minimum atomic E-state index is -0.366. The smallest absolute Gasteiger partial charge is 0.258 e. The number of hydrogen-bond donors (Lipinski definition) is 0. The van der Waals surface area contributed by atoms with E-state index in [1.807, 2.05) is 38.1 Å². The van der Waals surface area contributed by atoms with Crippen LogP contribution in [0.25, 0.3) is 11.1 Å². The molecule has 0 N–H and O–H groups in total. The zero-order valence-corrected chi connectivity index (χ0v) is 9.81. The van der Waals surface area contributed by atoms with E-state index < -0.39 is 0 Å². The van der Waals surface area contributed by atoms with Crippen LogP contribution in [0.15, 0.2) is 42.5 Å². The fourth-order valence-electron chi connectivity index (χ4n) is 1.85. The van der Waals surface area contributed by atoms with Crippen molar-refractivity contribution in [3.63, 3.8) is 0 Å². The first-order valence-corrected chi connectivity index (χ1v) is 5.40. The predicted octanol–water partition coefficient (Wildman–Crippen LogP) is 3.88. The topological polar surface area (TPSA) is 43.1 Å². The third kappa shape index (κ3) is 2.18. The molecule has 0 atom stereocenters. The molecule has 0 aliphatic carbocycles. The molecule has 3 nitrogen and oxygen atoms in total. The molecule has 0 aromatic heterocycles. The standard InChI is InChI=1S/C14H13NO2/c1-10-5-3-8-14(11(10)2)12-6-4-7-13(9-12)15(16)17/h3-9H,1-2H3. The highest BCUT2D eigenvalue weighted by Crippen LogP contribution is 2.27. The molecule has 0 saturated heterocycles. The van der Waals surface area contributed by atoms with Crippen molar-refractivity contribution in [2.75, 3.05) is 0 Å². The molecule has 0 saturated carbocycles. The number of hydrogen-bond acceptors (Lipinski definition) is 2. The Labute approximate surface area is 99.9 Å². The van der Waals surface area contributed by atoms with Gasteiger partial charge in [0.25, 0.3) is 5.69 Å². The zero-order valence-electron chi connectivity index (χ0n) is 9.81. The predicted molar refractivity (Wildman–Crippen MR) is 68.0 cm³/mol. The minimum Gasteiger partial charge on any atom is -0.258 e. The minimum absolute atomic E-state index is 0.128. The fraction of sp³-hybridized carbons (Fsp3) is 0.143. The molecule has 2 aromatic carbocycles. The number of nitro benzene ring substituents is 1. The van der Waals surface area contributed by atoms with Crippen LogP contribution in [0.4, 0.5) is 5.69 Å².